The Balaban J connectivity index is 2.66. The summed E-state index contributed by atoms with van der Waals surface area (Å²) in [6.45, 7) is -1.56. The topological polar surface area (TPSA) is 42.0 Å². The Morgan fingerprint density at radius 2 is 2.12 bits per heavy atom. The van der Waals surface area contributed by atoms with Crippen LogP contribution in [0, 0.1) is 5.82 Å². The highest BCUT2D eigenvalue weighted by Crippen LogP contribution is 2.21. The first-order valence-corrected chi connectivity index (χ1v) is 4.38. The van der Waals surface area contributed by atoms with E-state index in [1.807, 2.05) is 0 Å². The minimum atomic E-state index is -4.35. The van der Waals surface area contributed by atoms with Crippen molar-refractivity contribution >= 4 is 5.91 Å². The van der Waals surface area contributed by atoms with Crippen LogP contribution in [0.1, 0.15) is 10.4 Å². The molecule has 0 saturated heterocycles. The first kappa shape index (κ1) is 13.3. The molecular weight excluding hydrogens is 247 g/mol. The fraction of sp³-hybridized carbons (Fsp3) is 0.333. The van der Waals surface area contributed by atoms with Gasteiger partial charge in [-0.25, -0.2) is 13.2 Å². The van der Waals surface area contributed by atoms with Crippen molar-refractivity contribution in [2.24, 2.45) is 0 Å². The lowest BCUT2D eigenvalue weighted by Gasteiger charge is -2.15. The van der Waals surface area contributed by atoms with Crippen LogP contribution in [0.5, 0.6) is 0 Å². The van der Waals surface area contributed by atoms with Gasteiger partial charge < -0.3 is 5.32 Å². The molecule has 1 aromatic rings. The smallest absolute Gasteiger partial charge is 0.324 e. The molecule has 0 aromatic carbocycles. The summed E-state index contributed by atoms with van der Waals surface area (Å²) in [7, 11) is 0. The van der Waals surface area contributed by atoms with Crippen molar-refractivity contribution in [3.05, 3.63) is 29.8 Å². The van der Waals surface area contributed by atoms with Crippen LogP contribution >= 0.6 is 0 Å². The molecule has 3 nitrogen and oxygen atoms in total. The summed E-state index contributed by atoms with van der Waals surface area (Å²) in [5.74, 6) is -6.57. The third-order valence-electron chi connectivity index (χ3n) is 1.82. The van der Waals surface area contributed by atoms with E-state index >= 15 is 0 Å². The molecule has 0 bridgehead atoms. The number of pyridine rings is 1. The lowest BCUT2D eigenvalue weighted by Crippen LogP contribution is -2.41. The van der Waals surface area contributed by atoms with Gasteiger partial charge in [-0.05, 0) is 6.07 Å². The Bertz CT molecular complexity index is 410. The van der Waals surface area contributed by atoms with Crippen molar-refractivity contribution in [3.63, 3.8) is 0 Å². The normalized spacial score (nSPS) is 11.6. The van der Waals surface area contributed by atoms with Gasteiger partial charge >= 0.3 is 12.3 Å². The SMILES string of the molecule is O=C(NCC(F)(F)C(F)F)c1ccncc1F. The largest absolute Gasteiger partial charge is 0.346 e. The summed E-state index contributed by atoms with van der Waals surface area (Å²) in [5.41, 5.74) is -0.537. The van der Waals surface area contributed by atoms with E-state index in [-0.39, 0.29) is 0 Å². The van der Waals surface area contributed by atoms with Gasteiger partial charge in [0.05, 0.1) is 18.3 Å². The van der Waals surface area contributed by atoms with Crippen LogP contribution in [-0.4, -0.2) is 29.8 Å². The van der Waals surface area contributed by atoms with Gasteiger partial charge in [0.15, 0.2) is 5.82 Å². The van der Waals surface area contributed by atoms with Gasteiger partial charge in [0.25, 0.3) is 5.91 Å². The maximum atomic E-state index is 13.0. The number of carbonyl (C=O) groups is 1. The van der Waals surface area contributed by atoms with Gasteiger partial charge in [-0.2, -0.15) is 8.78 Å². The van der Waals surface area contributed by atoms with Gasteiger partial charge in [-0.3, -0.25) is 9.78 Å². The fourth-order valence-corrected chi connectivity index (χ4v) is 0.930. The third kappa shape index (κ3) is 3.36. The second-order valence-corrected chi connectivity index (χ2v) is 3.10. The number of alkyl halides is 4. The molecular formula is C9H7F5N2O. The van der Waals surface area contributed by atoms with E-state index in [1.54, 1.807) is 0 Å². The molecule has 1 amide bonds. The number of amides is 1. The van der Waals surface area contributed by atoms with E-state index < -0.39 is 36.2 Å². The molecule has 8 heteroatoms. The lowest BCUT2D eigenvalue weighted by atomic mass is 10.2. The molecule has 0 saturated carbocycles. The summed E-state index contributed by atoms with van der Waals surface area (Å²) < 4.78 is 61.4. The van der Waals surface area contributed by atoms with Crippen LogP contribution in [0.3, 0.4) is 0 Å². The monoisotopic (exact) mass is 254 g/mol. The molecule has 0 aliphatic heterocycles. The zero-order chi connectivity index (χ0) is 13.1. The zero-order valence-electron chi connectivity index (χ0n) is 8.26. The zero-order valence-corrected chi connectivity index (χ0v) is 8.26. The summed E-state index contributed by atoms with van der Waals surface area (Å²) in [6, 6.07) is 0.950. The van der Waals surface area contributed by atoms with E-state index in [0.29, 0.717) is 6.20 Å². The number of hydrogen-bond donors (Lipinski definition) is 1. The summed E-state index contributed by atoms with van der Waals surface area (Å²) in [4.78, 5) is 14.5. The van der Waals surface area contributed by atoms with Crippen LogP contribution in [0.15, 0.2) is 18.5 Å². The molecule has 0 aliphatic carbocycles. The number of halogens is 5. The molecule has 0 radical (unpaired) electrons. The molecule has 0 unspecified atom stereocenters. The predicted molar refractivity (Wildman–Crippen MR) is 47.5 cm³/mol. The molecule has 1 rings (SSSR count). The lowest BCUT2D eigenvalue weighted by molar-refractivity contribution is -0.123. The minimum Gasteiger partial charge on any atom is -0.346 e. The summed E-state index contributed by atoms with van der Waals surface area (Å²) >= 11 is 0. The molecule has 94 valence electrons. The summed E-state index contributed by atoms with van der Waals surface area (Å²) in [5, 5.41) is 1.52. The average Bonchev–Trinajstić information content (AvgIpc) is 2.26. The highest BCUT2D eigenvalue weighted by atomic mass is 19.3. The summed E-state index contributed by atoms with van der Waals surface area (Å²) in [6.07, 6.45) is -2.12. The van der Waals surface area contributed by atoms with Crippen molar-refractivity contribution in [2.75, 3.05) is 6.54 Å². The van der Waals surface area contributed by atoms with Gasteiger partial charge in [-0.15, -0.1) is 0 Å². The maximum absolute atomic E-state index is 13.0. The van der Waals surface area contributed by atoms with Crippen LogP contribution in [-0.2, 0) is 0 Å². The van der Waals surface area contributed by atoms with Crippen molar-refractivity contribution in [3.8, 4) is 0 Å². The van der Waals surface area contributed by atoms with Crippen LogP contribution < -0.4 is 5.32 Å². The van der Waals surface area contributed by atoms with Crippen molar-refractivity contribution in [1.82, 2.24) is 10.3 Å². The van der Waals surface area contributed by atoms with Crippen LogP contribution in [0.2, 0.25) is 0 Å². The number of nitrogens with one attached hydrogen (secondary N) is 1. The number of hydrogen-bond acceptors (Lipinski definition) is 2. The van der Waals surface area contributed by atoms with Gasteiger partial charge in [0.2, 0.25) is 0 Å². The molecule has 0 fully saturated rings. The standard InChI is InChI=1S/C9H7F5N2O/c10-6-3-15-2-1-5(6)7(17)16-4-9(13,14)8(11)12/h1-3,8H,4H2,(H,16,17). The Morgan fingerprint density at radius 3 is 2.65 bits per heavy atom. The molecule has 17 heavy (non-hydrogen) atoms. The van der Waals surface area contributed by atoms with E-state index in [0.717, 1.165) is 12.3 Å². The van der Waals surface area contributed by atoms with E-state index in [1.165, 1.54) is 5.32 Å². The highest BCUT2D eigenvalue weighted by molar-refractivity contribution is 5.94. The van der Waals surface area contributed by atoms with Crippen LogP contribution in [0.25, 0.3) is 0 Å². The first-order chi connectivity index (χ1) is 7.84. The molecule has 1 aromatic heterocycles. The first-order valence-electron chi connectivity index (χ1n) is 4.38. The van der Waals surface area contributed by atoms with Crippen molar-refractivity contribution < 1.29 is 26.7 Å². The average molecular weight is 254 g/mol. The number of aromatic nitrogens is 1. The second-order valence-electron chi connectivity index (χ2n) is 3.10. The van der Waals surface area contributed by atoms with Gasteiger partial charge in [-0.1, -0.05) is 0 Å². The van der Waals surface area contributed by atoms with Crippen molar-refractivity contribution in [1.29, 1.82) is 0 Å². The Kier molecular flexibility index (Phi) is 3.97. The minimum absolute atomic E-state index is 0.537. The highest BCUT2D eigenvalue weighted by Gasteiger charge is 2.40. The quantitative estimate of drug-likeness (QED) is 0.833. The maximum Gasteiger partial charge on any atom is 0.324 e. The van der Waals surface area contributed by atoms with Crippen molar-refractivity contribution in [2.45, 2.75) is 12.3 Å². The molecule has 0 aliphatic rings. The molecule has 0 atom stereocenters. The molecule has 0 spiro atoms. The predicted octanol–water partition coefficient (Wildman–Crippen LogP) is 1.85. The van der Waals surface area contributed by atoms with E-state index in [9.17, 15) is 26.7 Å². The fourth-order valence-electron chi connectivity index (χ4n) is 0.930. The Labute approximate surface area is 92.6 Å². The number of nitrogens with zero attached hydrogens (tertiary/aromatic N) is 1. The second kappa shape index (κ2) is 5.07. The van der Waals surface area contributed by atoms with Gasteiger partial charge in [0.1, 0.15) is 0 Å². The Morgan fingerprint density at radius 1 is 1.47 bits per heavy atom. The molecule has 1 heterocycles. The molecule has 1 N–H and O–H groups in total. The van der Waals surface area contributed by atoms with E-state index in [2.05, 4.69) is 4.98 Å². The van der Waals surface area contributed by atoms with Gasteiger partial charge in [0, 0.05) is 6.20 Å². The van der Waals surface area contributed by atoms with E-state index in [4.69, 9.17) is 0 Å². The van der Waals surface area contributed by atoms with Crippen LogP contribution in [0.4, 0.5) is 22.0 Å². The number of carbonyl (C=O) groups excluding carboxylic acids is 1. The Hall–Kier alpha value is -1.73. The number of rotatable bonds is 4. The third-order valence-corrected chi connectivity index (χ3v) is 1.82.